The van der Waals surface area contributed by atoms with Gasteiger partial charge in [0.1, 0.15) is 91.5 Å². The van der Waals surface area contributed by atoms with Gasteiger partial charge in [0.15, 0.2) is 0 Å². The first kappa shape index (κ1) is 88.2. The minimum Gasteiger partial charge on any atom is -0.466 e. The number of hydrogen-bond donors (Lipinski definition) is 4. The molecule has 17 rings (SSSR count). The van der Waals surface area contributed by atoms with Crippen LogP contribution in [0.25, 0.3) is 0 Å². The number of aromatic nitrogens is 16. The van der Waals surface area contributed by atoms with Crippen LogP contribution in [0.2, 0.25) is 0 Å². The number of nitrogens with zero attached hydrogens (tertiary/aromatic N) is 16. The van der Waals surface area contributed by atoms with Gasteiger partial charge in [0.05, 0.1) is 126 Å². The van der Waals surface area contributed by atoms with Crippen molar-refractivity contribution in [3.05, 3.63) is 259 Å². The van der Waals surface area contributed by atoms with Gasteiger partial charge in [0.2, 0.25) is 27.2 Å². The smallest absolute Gasteiger partial charge is 0.302 e. The number of hydrogen-bond acceptors (Lipinski definition) is 32. The molecule has 0 saturated carbocycles. The summed E-state index contributed by atoms with van der Waals surface area (Å²) in [6, 6.07) is 28.3. The van der Waals surface area contributed by atoms with Crippen LogP contribution in [0.4, 0.5) is 0 Å². The second kappa shape index (κ2) is 40.7. The summed E-state index contributed by atoms with van der Waals surface area (Å²) in [5.74, 6) is -4.90. The lowest BCUT2D eigenvalue weighted by atomic mass is 9.74. The van der Waals surface area contributed by atoms with E-state index in [0.717, 1.165) is 0 Å². The fraction of sp³-hybridized carbons (Fsp3) is 0.348. The van der Waals surface area contributed by atoms with Crippen molar-refractivity contribution in [2.75, 3.05) is 53.6 Å². The van der Waals surface area contributed by atoms with Crippen LogP contribution < -0.4 is 59.2 Å². The standard InChI is InChI=1S/C92H92N20O20/c1-53(113)121-29-13-17-61-65-33-67-62(18-14-30-122-54(2)114)69-35-71-64(20-16-32-124-56(4)116)72-36-70-63(19-15-31-123-55(3)115)68-34-66(61)82-74(46-110-42-58(102-106-110)38-98-90(118)78-22-6-10-26-94-78)84(68)128-51-130-86(70)76(48-112-44-60(104-108-112)40-100-92(120)80-24-8-12-28-96-80)88(72)132-52-131-87(71)75(47-111-43-59(103-107-111)39-99-91(119)79-23-7-11-27-95-79)85(69)129-50-127-83(67)73(81(65)125-49-126-82)45-109-41-57(101-105-109)37-97-89(117)77-21-5-9-25-93-77/h5-12,21-28,33-36,41-44,61-64H,13-20,29-32,37-40,45-52H2,1-4H3,(H,97,117)(H,98,118)(H,99,119)(H,100,120). The van der Waals surface area contributed by atoms with Gasteiger partial charge in [-0.3, -0.25) is 58.3 Å². The topological polar surface area (TPSA) is 470 Å². The highest BCUT2D eigenvalue weighted by Crippen LogP contribution is 2.59. The van der Waals surface area contributed by atoms with Crippen molar-refractivity contribution in [1.29, 1.82) is 0 Å². The summed E-state index contributed by atoms with van der Waals surface area (Å²) in [7, 11) is 0. The average molecular weight is 1800 g/mol. The highest BCUT2D eigenvalue weighted by molar-refractivity contribution is 5.93. The molecule has 4 N–H and O–H groups in total. The molecule has 0 saturated heterocycles. The summed E-state index contributed by atoms with van der Waals surface area (Å²) >= 11 is 0. The zero-order valence-electron chi connectivity index (χ0n) is 72.5. The van der Waals surface area contributed by atoms with Gasteiger partial charge < -0.3 is 78.1 Å². The number of nitrogens with one attached hydrogen (secondary N) is 4. The second-order valence-electron chi connectivity index (χ2n) is 31.8. The second-order valence-corrected chi connectivity index (χ2v) is 31.8. The van der Waals surface area contributed by atoms with Gasteiger partial charge in [-0.15, -0.1) is 20.4 Å². The Balaban J connectivity index is 0.945. The predicted molar refractivity (Wildman–Crippen MR) is 459 cm³/mol. The van der Waals surface area contributed by atoms with Crippen molar-refractivity contribution >= 4 is 47.5 Å². The molecule has 5 aliphatic rings. The number of esters is 4. The van der Waals surface area contributed by atoms with E-state index < -0.39 is 98.3 Å². The first-order valence-electron chi connectivity index (χ1n) is 43.1. The number of carbonyl (C=O) groups excluding carboxylic acids is 8. The van der Waals surface area contributed by atoms with E-state index in [0.29, 0.717) is 136 Å². The maximum Gasteiger partial charge on any atom is 0.302 e. The SMILES string of the molecule is CC(=O)OCCCC1c2cc3c4c(Cn5cc(CNC(=O)c6ccccn6)nn5)c2OCOc2c1cc1c(c2Cn2cc(CNC(=O)c5ccccn5)nn2)OCOc2c(cc5c(c2Cn2cc(CNC(=O)c6ccccn6)nn2)OCOc2c(cc(c(c2Cn2cc(CNC(=O)c6ccccn6)nn2)OCO4)C3CCCOC(C)=O)C5CCCOC(C)=O)C1CCCOC(C)=O. The predicted octanol–water partition coefficient (Wildman–Crippen LogP) is 8.67. The van der Waals surface area contributed by atoms with Gasteiger partial charge in [-0.2, -0.15) is 0 Å². The summed E-state index contributed by atoms with van der Waals surface area (Å²) in [6.45, 7) is 2.54. The number of benzene rings is 4. The Labute approximate surface area is 754 Å². The molecule has 0 radical (unpaired) electrons. The molecule has 0 unspecified atom stereocenters. The third-order valence-corrected chi connectivity index (χ3v) is 22.9. The normalized spacial score (nSPS) is 15.1. The van der Waals surface area contributed by atoms with Crippen molar-refractivity contribution in [2.45, 2.75) is 155 Å². The van der Waals surface area contributed by atoms with Crippen LogP contribution >= 0.6 is 0 Å². The minimum absolute atomic E-state index is 0.0433. The Morgan fingerprint density at radius 1 is 0.311 bits per heavy atom. The van der Waals surface area contributed by atoms with E-state index in [1.165, 1.54) is 52.5 Å². The van der Waals surface area contributed by atoms with Gasteiger partial charge in [0, 0.05) is 121 Å². The maximum absolute atomic E-state index is 13.6. The molecular weight excluding hydrogens is 1710 g/mol. The first-order chi connectivity index (χ1) is 64.4. The molecule has 40 nitrogen and oxygen atoms in total. The number of ether oxygens (including phenoxy) is 12. The lowest BCUT2D eigenvalue weighted by Crippen LogP contribution is -2.26. The molecule has 4 aromatic carbocycles. The van der Waals surface area contributed by atoms with Crippen molar-refractivity contribution in [2.24, 2.45) is 0 Å². The molecule has 8 aromatic heterocycles. The minimum atomic E-state index is -0.847. The van der Waals surface area contributed by atoms with Crippen LogP contribution in [0.1, 0.15) is 234 Å². The molecule has 0 spiro atoms. The fourth-order valence-electron chi connectivity index (χ4n) is 17.2. The third-order valence-electron chi connectivity index (χ3n) is 22.9. The number of pyridine rings is 4. The van der Waals surface area contributed by atoms with E-state index in [9.17, 15) is 38.4 Å². The number of carbonyl (C=O) groups is 8. The maximum atomic E-state index is 13.6. The zero-order valence-corrected chi connectivity index (χ0v) is 72.5. The van der Waals surface area contributed by atoms with Crippen LogP contribution in [0.5, 0.6) is 46.0 Å². The Hall–Kier alpha value is -15.8. The van der Waals surface area contributed by atoms with E-state index in [-0.39, 0.29) is 153 Å². The molecule has 4 aliphatic heterocycles. The molecule has 0 fully saturated rings. The summed E-state index contributed by atoms with van der Waals surface area (Å²) in [4.78, 5) is 123. The molecule has 1 aliphatic carbocycles. The van der Waals surface area contributed by atoms with Crippen LogP contribution in [-0.4, -0.2) is 181 Å². The van der Waals surface area contributed by atoms with E-state index in [1.807, 2.05) is 0 Å². The monoisotopic (exact) mass is 1800 g/mol. The van der Waals surface area contributed by atoms with E-state index >= 15 is 0 Å². The van der Waals surface area contributed by atoms with Gasteiger partial charge in [0.25, 0.3) is 23.6 Å². The highest BCUT2D eigenvalue weighted by Gasteiger charge is 2.43. The van der Waals surface area contributed by atoms with Crippen molar-refractivity contribution in [3.63, 3.8) is 0 Å². The quantitative estimate of drug-likeness (QED) is 0.0162. The summed E-state index contributed by atoms with van der Waals surface area (Å²) in [5, 5.41) is 48.7. The van der Waals surface area contributed by atoms with Crippen LogP contribution in [0, 0.1) is 0 Å². The van der Waals surface area contributed by atoms with Gasteiger partial charge in [-0.1, -0.05) is 45.1 Å². The summed E-state index contributed by atoms with van der Waals surface area (Å²) in [5.41, 5.74) is 8.65. The first-order valence-corrected chi connectivity index (χ1v) is 43.1. The molecule has 40 heteroatoms. The molecule has 12 heterocycles. The van der Waals surface area contributed by atoms with E-state index in [1.54, 1.807) is 116 Å². The number of amides is 4. The van der Waals surface area contributed by atoms with Crippen molar-refractivity contribution in [1.82, 2.24) is 101 Å². The average Bonchev–Trinajstić information content (AvgIpc) is 0.910. The van der Waals surface area contributed by atoms with E-state index in [2.05, 4.69) is 85.9 Å². The molecule has 8 bridgehead atoms. The Kier molecular flexibility index (Phi) is 27.2. The number of rotatable bonds is 36. The van der Waals surface area contributed by atoms with Gasteiger partial charge in [-0.05, 0) is 124 Å². The Morgan fingerprint density at radius 2 is 0.515 bits per heavy atom. The Bertz CT molecular complexity index is 5400. The van der Waals surface area contributed by atoms with Gasteiger partial charge in [-0.25, -0.2) is 18.7 Å². The lowest BCUT2D eigenvalue weighted by molar-refractivity contribution is -0.142. The lowest BCUT2D eigenvalue weighted by Gasteiger charge is -2.37. The molecule has 132 heavy (non-hydrogen) atoms. The van der Waals surface area contributed by atoms with Crippen molar-refractivity contribution in [3.8, 4) is 46.0 Å². The van der Waals surface area contributed by atoms with E-state index in [4.69, 9.17) is 77.7 Å². The summed E-state index contributed by atoms with van der Waals surface area (Å²) in [6.07, 6.45) is 14.6. The molecule has 0 atom stereocenters. The molecule has 680 valence electrons. The molecular formula is C92H92N20O20. The largest absolute Gasteiger partial charge is 0.466 e. The van der Waals surface area contributed by atoms with Crippen LogP contribution in [0.3, 0.4) is 0 Å². The fourth-order valence-corrected chi connectivity index (χ4v) is 17.2. The third kappa shape index (κ3) is 20.3. The van der Waals surface area contributed by atoms with Gasteiger partial charge >= 0.3 is 23.9 Å². The zero-order chi connectivity index (χ0) is 91.1. The van der Waals surface area contributed by atoms with Crippen LogP contribution in [0.15, 0.2) is 147 Å². The summed E-state index contributed by atoms with van der Waals surface area (Å²) < 4.78 is 87.9. The molecule has 12 aromatic rings. The highest BCUT2D eigenvalue weighted by atomic mass is 16.7. The van der Waals surface area contributed by atoms with Crippen molar-refractivity contribution < 1.29 is 95.2 Å². The molecule has 4 amide bonds. The van der Waals surface area contributed by atoms with Crippen LogP contribution in [-0.2, 0) is 90.5 Å². The Morgan fingerprint density at radius 3 is 0.697 bits per heavy atom.